The maximum absolute atomic E-state index is 12.0. The number of ether oxygens (including phenoxy) is 2. The number of rotatable bonds is 7. The fourth-order valence-electron chi connectivity index (χ4n) is 3.20. The molecule has 3 rings (SSSR count). The molecule has 0 bridgehead atoms. The van der Waals surface area contributed by atoms with E-state index in [0.717, 1.165) is 42.6 Å². The quantitative estimate of drug-likeness (QED) is 0.768. The van der Waals surface area contributed by atoms with Crippen molar-refractivity contribution in [2.45, 2.75) is 51.4 Å². The molecule has 2 aromatic rings. The number of esters is 1. The first-order valence-corrected chi connectivity index (χ1v) is 9.15. The van der Waals surface area contributed by atoms with E-state index in [2.05, 4.69) is 4.98 Å². The van der Waals surface area contributed by atoms with Crippen LogP contribution >= 0.6 is 0 Å². The van der Waals surface area contributed by atoms with Gasteiger partial charge in [0.15, 0.2) is 0 Å². The van der Waals surface area contributed by atoms with Gasteiger partial charge in [0, 0.05) is 18.0 Å². The van der Waals surface area contributed by atoms with Crippen LogP contribution in [0, 0.1) is 5.92 Å². The normalized spacial score (nSPS) is 19.7. The molecule has 1 fully saturated rings. The van der Waals surface area contributed by atoms with Gasteiger partial charge in [-0.1, -0.05) is 31.0 Å². The van der Waals surface area contributed by atoms with E-state index in [1.54, 1.807) is 12.4 Å². The van der Waals surface area contributed by atoms with Crippen LogP contribution in [0.15, 0.2) is 48.8 Å². The van der Waals surface area contributed by atoms with E-state index in [1.165, 1.54) is 0 Å². The summed E-state index contributed by atoms with van der Waals surface area (Å²) in [6, 6.07) is 11.4. The summed E-state index contributed by atoms with van der Waals surface area (Å²) in [6.07, 6.45) is 7.25. The third kappa shape index (κ3) is 5.56. The first-order chi connectivity index (χ1) is 12.7. The Balaban J connectivity index is 1.41. The Kier molecular flexibility index (Phi) is 6.61. The second-order valence-electron chi connectivity index (χ2n) is 6.77. The fourth-order valence-corrected chi connectivity index (χ4v) is 3.20. The average Bonchev–Trinajstić information content (AvgIpc) is 2.68. The van der Waals surface area contributed by atoms with Crippen molar-refractivity contribution < 1.29 is 19.4 Å². The molecule has 1 heterocycles. The number of nitrogens with zero attached hydrogens (tertiary/aromatic N) is 1. The summed E-state index contributed by atoms with van der Waals surface area (Å²) in [5, 5.41) is 9.94. The van der Waals surface area contributed by atoms with Gasteiger partial charge in [-0.25, -0.2) is 0 Å². The van der Waals surface area contributed by atoms with E-state index in [4.69, 9.17) is 9.47 Å². The highest BCUT2D eigenvalue weighted by molar-refractivity contribution is 5.69. The third-order valence-corrected chi connectivity index (χ3v) is 4.75. The molecule has 5 nitrogen and oxygen atoms in total. The summed E-state index contributed by atoms with van der Waals surface area (Å²) >= 11 is 0. The number of carbonyl (C=O) groups excluding carboxylic acids is 1. The standard InChI is InChI=1S/C21H25NO4/c23-20-6-2-1-5-18(20)12-21(24)26-14-16-7-9-19(10-8-16)25-15-17-4-3-11-22-13-17/h3-4,7-11,13,18,20,23H,1-2,5-6,12,14-15H2/t18-,20+/m0/s1. The molecule has 0 aliphatic heterocycles. The molecule has 26 heavy (non-hydrogen) atoms. The molecule has 1 N–H and O–H groups in total. The van der Waals surface area contributed by atoms with Crippen LogP contribution in [-0.4, -0.2) is 22.2 Å². The molecule has 2 atom stereocenters. The smallest absolute Gasteiger partial charge is 0.306 e. The number of pyridine rings is 1. The summed E-state index contributed by atoms with van der Waals surface area (Å²) in [6.45, 7) is 0.705. The second-order valence-corrected chi connectivity index (χ2v) is 6.77. The predicted octanol–water partition coefficient (Wildman–Crippen LogP) is 3.65. The first kappa shape index (κ1) is 18.4. The van der Waals surface area contributed by atoms with Gasteiger partial charge in [-0.2, -0.15) is 0 Å². The van der Waals surface area contributed by atoms with Crippen molar-refractivity contribution in [1.29, 1.82) is 0 Å². The topological polar surface area (TPSA) is 68.7 Å². The monoisotopic (exact) mass is 355 g/mol. The number of benzene rings is 1. The van der Waals surface area contributed by atoms with E-state index < -0.39 is 0 Å². The Bertz CT molecular complexity index is 687. The maximum atomic E-state index is 12.0. The number of carbonyl (C=O) groups is 1. The van der Waals surface area contributed by atoms with Crippen LogP contribution in [0.1, 0.15) is 43.2 Å². The molecular weight excluding hydrogens is 330 g/mol. The Morgan fingerprint density at radius 1 is 1.08 bits per heavy atom. The lowest BCUT2D eigenvalue weighted by Crippen LogP contribution is -2.27. The van der Waals surface area contributed by atoms with Gasteiger partial charge < -0.3 is 14.6 Å². The molecule has 0 radical (unpaired) electrons. The van der Waals surface area contributed by atoms with Gasteiger partial charge in [-0.15, -0.1) is 0 Å². The third-order valence-electron chi connectivity index (χ3n) is 4.75. The van der Waals surface area contributed by atoms with E-state index in [1.807, 2.05) is 36.4 Å². The largest absolute Gasteiger partial charge is 0.489 e. The molecule has 1 aromatic carbocycles. The van der Waals surface area contributed by atoms with E-state index in [9.17, 15) is 9.90 Å². The second kappa shape index (κ2) is 9.34. The predicted molar refractivity (Wildman–Crippen MR) is 97.4 cm³/mol. The molecule has 0 amide bonds. The Morgan fingerprint density at radius 2 is 1.88 bits per heavy atom. The minimum Gasteiger partial charge on any atom is -0.489 e. The Hall–Kier alpha value is -2.40. The summed E-state index contributed by atoms with van der Waals surface area (Å²) in [7, 11) is 0. The number of aliphatic hydroxyl groups excluding tert-OH is 1. The first-order valence-electron chi connectivity index (χ1n) is 9.15. The van der Waals surface area contributed by atoms with Crippen LogP contribution in [0.25, 0.3) is 0 Å². The van der Waals surface area contributed by atoms with Crippen molar-refractivity contribution in [1.82, 2.24) is 4.98 Å². The fraction of sp³-hybridized carbons (Fsp3) is 0.429. The molecule has 138 valence electrons. The van der Waals surface area contributed by atoms with Crippen molar-refractivity contribution in [3.8, 4) is 5.75 Å². The van der Waals surface area contributed by atoms with Gasteiger partial charge in [-0.3, -0.25) is 9.78 Å². The molecule has 1 aromatic heterocycles. The highest BCUT2D eigenvalue weighted by Gasteiger charge is 2.25. The number of hydrogen-bond acceptors (Lipinski definition) is 5. The lowest BCUT2D eigenvalue weighted by Gasteiger charge is -2.26. The zero-order chi connectivity index (χ0) is 18.2. The maximum Gasteiger partial charge on any atom is 0.306 e. The SMILES string of the molecule is O=C(C[C@@H]1CCCC[C@H]1O)OCc1ccc(OCc2cccnc2)cc1. The highest BCUT2D eigenvalue weighted by Crippen LogP contribution is 2.27. The van der Waals surface area contributed by atoms with Crippen LogP contribution in [-0.2, 0) is 22.7 Å². The van der Waals surface area contributed by atoms with Crippen LogP contribution in [0.2, 0.25) is 0 Å². The minimum atomic E-state index is -0.368. The Labute approximate surface area is 154 Å². The molecule has 0 spiro atoms. The van der Waals surface area contributed by atoms with Gasteiger partial charge in [0.2, 0.25) is 0 Å². The number of aliphatic hydroxyl groups is 1. The summed E-state index contributed by atoms with van der Waals surface area (Å²) < 4.78 is 11.1. The number of aromatic nitrogens is 1. The molecule has 1 saturated carbocycles. The zero-order valence-electron chi connectivity index (χ0n) is 14.8. The molecule has 5 heteroatoms. The molecule has 1 aliphatic rings. The van der Waals surface area contributed by atoms with Crippen LogP contribution in [0.4, 0.5) is 0 Å². The van der Waals surface area contributed by atoms with Crippen LogP contribution < -0.4 is 4.74 Å². The van der Waals surface area contributed by atoms with Gasteiger partial charge in [0.05, 0.1) is 12.5 Å². The van der Waals surface area contributed by atoms with Crippen molar-refractivity contribution in [2.75, 3.05) is 0 Å². The van der Waals surface area contributed by atoms with Gasteiger partial charge in [0.25, 0.3) is 0 Å². The summed E-state index contributed by atoms with van der Waals surface area (Å²) in [5.41, 5.74) is 1.92. The van der Waals surface area contributed by atoms with Crippen LogP contribution in [0.5, 0.6) is 5.75 Å². The molecule has 0 unspecified atom stereocenters. The van der Waals surface area contributed by atoms with E-state index in [0.29, 0.717) is 13.0 Å². The zero-order valence-corrected chi connectivity index (χ0v) is 14.8. The van der Waals surface area contributed by atoms with Gasteiger partial charge in [0.1, 0.15) is 19.0 Å². The molecule has 0 saturated heterocycles. The van der Waals surface area contributed by atoms with Crippen molar-refractivity contribution in [3.05, 3.63) is 59.9 Å². The van der Waals surface area contributed by atoms with E-state index >= 15 is 0 Å². The summed E-state index contributed by atoms with van der Waals surface area (Å²) in [4.78, 5) is 16.0. The number of hydrogen-bond donors (Lipinski definition) is 1. The van der Waals surface area contributed by atoms with Gasteiger partial charge in [-0.05, 0) is 42.5 Å². The average molecular weight is 355 g/mol. The van der Waals surface area contributed by atoms with Gasteiger partial charge >= 0.3 is 5.97 Å². The van der Waals surface area contributed by atoms with Crippen molar-refractivity contribution in [3.63, 3.8) is 0 Å². The molecular formula is C21H25NO4. The minimum absolute atomic E-state index is 0.0412. The van der Waals surface area contributed by atoms with Crippen molar-refractivity contribution >= 4 is 5.97 Å². The summed E-state index contributed by atoms with van der Waals surface area (Å²) in [5.74, 6) is 0.557. The molecule has 1 aliphatic carbocycles. The Morgan fingerprint density at radius 3 is 2.62 bits per heavy atom. The van der Waals surface area contributed by atoms with Crippen LogP contribution in [0.3, 0.4) is 0 Å². The highest BCUT2D eigenvalue weighted by atomic mass is 16.5. The lowest BCUT2D eigenvalue weighted by atomic mass is 9.84. The van der Waals surface area contributed by atoms with E-state index in [-0.39, 0.29) is 24.6 Å². The van der Waals surface area contributed by atoms with Crippen molar-refractivity contribution in [2.24, 2.45) is 5.92 Å². The lowest BCUT2D eigenvalue weighted by molar-refractivity contribution is -0.147.